The van der Waals surface area contributed by atoms with Crippen molar-refractivity contribution in [3.8, 4) is 0 Å². The van der Waals surface area contributed by atoms with Crippen molar-refractivity contribution in [2.24, 2.45) is 0 Å². The van der Waals surface area contributed by atoms with Gasteiger partial charge in [0.05, 0.1) is 4.90 Å². The monoisotopic (exact) mass is 374 g/mol. The fourth-order valence-corrected chi connectivity index (χ4v) is 4.36. The number of aryl methyl sites for hydroxylation is 2. The lowest BCUT2D eigenvalue weighted by atomic mass is 10.2. The van der Waals surface area contributed by atoms with Crippen LogP contribution in [0.15, 0.2) is 32.3 Å². The number of rotatable bonds is 4. The molecule has 1 heterocycles. The predicted molar refractivity (Wildman–Crippen MR) is 86.4 cm³/mol. The second kappa shape index (κ2) is 5.85. The zero-order chi connectivity index (χ0) is 14.9. The van der Waals surface area contributed by atoms with E-state index in [9.17, 15) is 8.42 Å². The highest BCUT2D eigenvalue weighted by Gasteiger charge is 2.18. The zero-order valence-electron chi connectivity index (χ0n) is 11.1. The van der Waals surface area contributed by atoms with E-state index in [1.54, 1.807) is 24.3 Å². The molecule has 0 fully saturated rings. The lowest BCUT2D eigenvalue weighted by molar-refractivity contribution is 0.580. The number of benzene rings is 1. The van der Waals surface area contributed by atoms with Crippen molar-refractivity contribution >= 4 is 43.0 Å². The first-order valence-corrected chi connectivity index (χ1v) is 9.10. The Morgan fingerprint density at radius 1 is 1.25 bits per heavy atom. The lowest BCUT2D eigenvalue weighted by Crippen LogP contribution is -2.24. The number of sulfonamides is 1. The second-order valence-corrected chi connectivity index (χ2v) is 7.88. The van der Waals surface area contributed by atoms with E-state index in [-0.39, 0.29) is 11.4 Å². The fourth-order valence-electron chi connectivity index (χ4n) is 1.78. The van der Waals surface area contributed by atoms with Crippen LogP contribution in [0.4, 0.5) is 5.69 Å². The Kier molecular flexibility index (Phi) is 4.53. The minimum absolute atomic E-state index is 0.214. The molecule has 0 unspecified atom stereocenters. The van der Waals surface area contributed by atoms with Gasteiger partial charge in [-0.2, -0.15) is 11.3 Å². The van der Waals surface area contributed by atoms with Crippen molar-refractivity contribution in [1.29, 1.82) is 0 Å². The van der Waals surface area contributed by atoms with Crippen molar-refractivity contribution in [2.45, 2.75) is 25.3 Å². The molecule has 20 heavy (non-hydrogen) atoms. The molecule has 0 spiro atoms. The van der Waals surface area contributed by atoms with Crippen LogP contribution in [-0.2, 0) is 16.6 Å². The maximum Gasteiger partial charge on any atom is 0.241 e. The van der Waals surface area contributed by atoms with Gasteiger partial charge in [0, 0.05) is 16.7 Å². The Labute approximate surface area is 131 Å². The second-order valence-electron chi connectivity index (χ2n) is 4.54. The number of hydrogen-bond acceptors (Lipinski definition) is 4. The van der Waals surface area contributed by atoms with Crippen LogP contribution >= 0.6 is 27.3 Å². The summed E-state index contributed by atoms with van der Waals surface area (Å²) in [5.41, 5.74) is 8.90. The summed E-state index contributed by atoms with van der Waals surface area (Å²) in [7, 11) is -3.57. The van der Waals surface area contributed by atoms with Gasteiger partial charge in [0.1, 0.15) is 0 Å². The van der Waals surface area contributed by atoms with E-state index in [1.165, 1.54) is 6.07 Å². The van der Waals surface area contributed by atoms with Gasteiger partial charge in [-0.25, -0.2) is 13.1 Å². The van der Waals surface area contributed by atoms with E-state index in [2.05, 4.69) is 20.7 Å². The average Bonchev–Trinajstić information content (AvgIpc) is 2.77. The Bertz CT molecular complexity index is 739. The van der Waals surface area contributed by atoms with E-state index in [1.807, 2.05) is 17.7 Å². The molecule has 0 aliphatic carbocycles. The third-order valence-electron chi connectivity index (χ3n) is 3.00. The Morgan fingerprint density at radius 2 is 1.95 bits per heavy atom. The van der Waals surface area contributed by atoms with Gasteiger partial charge >= 0.3 is 0 Å². The molecule has 0 aliphatic heterocycles. The summed E-state index contributed by atoms with van der Waals surface area (Å²) in [6.45, 7) is 3.99. The summed E-state index contributed by atoms with van der Waals surface area (Å²) in [4.78, 5) is 0.214. The Hall–Kier alpha value is -0.890. The summed E-state index contributed by atoms with van der Waals surface area (Å²) < 4.78 is 28.0. The predicted octanol–water partition coefficient (Wildman–Crippen LogP) is 3.19. The third-order valence-corrected chi connectivity index (χ3v) is 6.14. The SMILES string of the molecule is Cc1cscc1CNS(=O)(=O)c1cc(N)c(Br)cc1C. The van der Waals surface area contributed by atoms with Crippen LogP contribution in [-0.4, -0.2) is 8.42 Å². The Balaban J connectivity index is 2.27. The summed E-state index contributed by atoms with van der Waals surface area (Å²) in [6.07, 6.45) is 0. The van der Waals surface area contributed by atoms with Crippen LogP contribution < -0.4 is 10.5 Å². The quantitative estimate of drug-likeness (QED) is 0.807. The summed E-state index contributed by atoms with van der Waals surface area (Å²) in [5, 5.41) is 3.94. The first-order chi connectivity index (χ1) is 9.31. The maximum atomic E-state index is 12.3. The van der Waals surface area contributed by atoms with Gasteiger partial charge in [-0.3, -0.25) is 0 Å². The van der Waals surface area contributed by atoms with Crippen LogP contribution in [0.2, 0.25) is 0 Å². The van der Waals surface area contributed by atoms with Gasteiger partial charge in [0.2, 0.25) is 10.0 Å². The number of nitrogens with two attached hydrogens (primary N) is 1. The van der Waals surface area contributed by atoms with Crippen molar-refractivity contribution in [3.05, 3.63) is 44.1 Å². The molecule has 7 heteroatoms. The molecule has 2 aromatic rings. The first-order valence-electron chi connectivity index (χ1n) is 5.88. The topological polar surface area (TPSA) is 72.2 Å². The van der Waals surface area contributed by atoms with E-state index < -0.39 is 10.0 Å². The smallest absolute Gasteiger partial charge is 0.241 e. The van der Waals surface area contributed by atoms with Gasteiger partial charge in [-0.15, -0.1) is 0 Å². The molecule has 0 aliphatic rings. The highest BCUT2D eigenvalue weighted by atomic mass is 79.9. The van der Waals surface area contributed by atoms with Crippen molar-refractivity contribution in [2.75, 3.05) is 5.73 Å². The van der Waals surface area contributed by atoms with Gasteiger partial charge in [0.15, 0.2) is 0 Å². The molecule has 108 valence electrons. The molecule has 2 rings (SSSR count). The molecular formula is C13H15BrN2O2S2. The van der Waals surface area contributed by atoms with Crippen molar-refractivity contribution < 1.29 is 8.42 Å². The summed E-state index contributed by atoms with van der Waals surface area (Å²) in [6, 6.07) is 3.18. The van der Waals surface area contributed by atoms with Gasteiger partial charge in [-0.05, 0) is 69.4 Å². The average molecular weight is 375 g/mol. The number of thiophene rings is 1. The van der Waals surface area contributed by atoms with E-state index in [0.29, 0.717) is 15.7 Å². The zero-order valence-corrected chi connectivity index (χ0v) is 14.3. The summed E-state index contributed by atoms with van der Waals surface area (Å²) >= 11 is 4.85. The van der Waals surface area contributed by atoms with Crippen LogP contribution in [0.3, 0.4) is 0 Å². The fraction of sp³-hybridized carbons (Fsp3) is 0.231. The number of anilines is 1. The molecule has 0 saturated heterocycles. The molecule has 1 aromatic heterocycles. The Morgan fingerprint density at radius 3 is 2.55 bits per heavy atom. The highest BCUT2D eigenvalue weighted by molar-refractivity contribution is 9.10. The van der Waals surface area contributed by atoms with Gasteiger partial charge < -0.3 is 5.73 Å². The molecule has 0 radical (unpaired) electrons. The number of nitrogens with one attached hydrogen (secondary N) is 1. The lowest BCUT2D eigenvalue weighted by Gasteiger charge is -2.11. The number of hydrogen-bond donors (Lipinski definition) is 2. The van der Waals surface area contributed by atoms with Crippen LogP contribution in [0.1, 0.15) is 16.7 Å². The molecule has 1 aromatic carbocycles. The molecule has 0 saturated carbocycles. The molecule has 0 atom stereocenters. The van der Waals surface area contributed by atoms with Crippen LogP contribution in [0, 0.1) is 13.8 Å². The molecule has 0 amide bonds. The normalized spacial score (nSPS) is 11.8. The first kappa shape index (κ1) is 15.5. The van der Waals surface area contributed by atoms with Crippen LogP contribution in [0.5, 0.6) is 0 Å². The van der Waals surface area contributed by atoms with Crippen molar-refractivity contribution in [3.63, 3.8) is 0 Å². The molecule has 0 bridgehead atoms. The highest BCUT2D eigenvalue weighted by Crippen LogP contribution is 2.26. The van der Waals surface area contributed by atoms with E-state index >= 15 is 0 Å². The molecular weight excluding hydrogens is 360 g/mol. The van der Waals surface area contributed by atoms with E-state index in [0.717, 1.165) is 11.1 Å². The maximum absolute atomic E-state index is 12.3. The molecule has 3 N–H and O–H groups in total. The number of nitrogen functional groups attached to an aromatic ring is 1. The summed E-state index contributed by atoms with van der Waals surface area (Å²) in [5.74, 6) is 0. The van der Waals surface area contributed by atoms with E-state index in [4.69, 9.17) is 5.73 Å². The number of halogens is 1. The van der Waals surface area contributed by atoms with Gasteiger partial charge in [0.25, 0.3) is 0 Å². The van der Waals surface area contributed by atoms with Crippen LogP contribution in [0.25, 0.3) is 0 Å². The third kappa shape index (κ3) is 3.22. The largest absolute Gasteiger partial charge is 0.398 e. The molecule has 4 nitrogen and oxygen atoms in total. The van der Waals surface area contributed by atoms with Crippen molar-refractivity contribution in [1.82, 2.24) is 4.72 Å². The minimum Gasteiger partial charge on any atom is -0.398 e. The standard InChI is InChI=1S/C13H15BrN2O2S2/c1-8-3-11(14)12(15)4-13(8)20(17,18)16-5-10-7-19-6-9(10)2/h3-4,6-7,16H,5,15H2,1-2H3. The minimum atomic E-state index is -3.57. The van der Waals surface area contributed by atoms with Gasteiger partial charge in [-0.1, -0.05) is 0 Å².